The first-order valence-electron chi connectivity index (χ1n) is 6.56. The molecule has 3 aromatic heterocycles. The molecule has 0 bridgehead atoms. The second kappa shape index (κ2) is 5.19. The van der Waals surface area contributed by atoms with Gasteiger partial charge in [-0.1, -0.05) is 23.7 Å². The summed E-state index contributed by atoms with van der Waals surface area (Å²) in [6, 6.07) is 7.69. The Hall–Kier alpha value is -2.80. The number of hydrogen-bond acceptors (Lipinski definition) is 5. The number of imidazole rings is 1. The van der Waals surface area contributed by atoms with Crippen molar-refractivity contribution in [3.8, 4) is 5.82 Å². The van der Waals surface area contributed by atoms with Gasteiger partial charge in [0.25, 0.3) is 0 Å². The highest BCUT2D eigenvalue weighted by atomic mass is 35.5. The highest BCUT2D eigenvalue weighted by molar-refractivity contribution is 6.30. The number of rotatable bonds is 3. The average Bonchev–Trinajstić information content (AvgIpc) is 3.20. The van der Waals surface area contributed by atoms with Gasteiger partial charge in [-0.05, 0) is 17.7 Å². The van der Waals surface area contributed by atoms with Gasteiger partial charge in [-0.3, -0.25) is 0 Å². The summed E-state index contributed by atoms with van der Waals surface area (Å²) >= 11 is 5.91. The van der Waals surface area contributed by atoms with E-state index in [2.05, 4.69) is 25.0 Å². The third-order valence-electron chi connectivity index (χ3n) is 3.28. The molecule has 1 aromatic carbocycles. The number of aromatic nitrogens is 7. The van der Waals surface area contributed by atoms with Crippen molar-refractivity contribution in [2.75, 3.05) is 0 Å². The molecule has 0 N–H and O–H groups in total. The van der Waals surface area contributed by atoms with E-state index in [0.717, 1.165) is 16.2 Å². The van der Waals surface area contributed by atoms with Gasteiger partial charge in [-0.15, -0.1) is 0 Å². The van der Waals surface area contributed by atoms with Crippen LogP contribution in [0.3, 0.4) is 0 Å². The molecule has 0 fully saturated rings. The van der Waals surface area contributed by atoms with Crippen molar-refractivity contribution in [3.05, 3.63) is 60.2 Å². The second-order valence-electron chi connectivity index (χ2n) is 4.71. The van der Waals surface area contributed by atoms with Gasteiger partial charge in [0.2, 0.25) is 0 Å². The lowest BCUT2D eigenvalue weighted by Gasteiger charge is -2.05. The standard InChI is InChI=1S/C14H10ClN7/c15-11-3-1-10(2-4-11)5-21-9-19-12-13(21)17-7-18-14(12)22-8-16-6-20-22/h1-4,6-9H,5H2. The molecule has 108 valence electrons. The van der Waals surface area contributed by atoms with E-state index in [1.807, 2.05) is 28.8 Å². The summed E-state index contributed by atoms with van der Waals surface area (Å²) in [4.78, 5) is 16.9. The molecule has 4 rings (SSSR count). The van der Waals surface area contributed by atoms with Gasteiger partial charge in [-0.25, -0.2) is 24.6 Å². The van der Waals surface area contributed by atoms with Crippen molar-refractivity contribution in [2.45, 2.75) is 6.54 Å². The average molecular weight is 312 g/mol. The lowest BCUT2D eigenvalue weighted by Crippen LogP contribution is -2.02. The van der Waals surface area contributed by atoms with Crippen molar-refractivity contribution in [3.63, 3.8) is 0 Å². The number of halogens is 1. The van der Waals surface area contributed by atoms with E-state index in [0.29, 0.717) is 17.9 Å². The molecule has 0 aliphatic carbocycles. The monoisotopic (exact) mass is 311 g/mol. The zero-order valence-electron chi connectivity index (χ0n) is 11.3. The minimum absolute atomic E-state index is 0.609. The topological polar surface area (TPSA) is 74.3 Å². The van der Waals surface area contributed by atoms with E-state index in [9.17, 15) is 0 Å². The van der Waals surface area contributed by atoms with Gasteiger partial charge in [0, 0.05) is 5.02 Å². The molecule has 0 saturated carbocycles. The third-order valence-corrected chi connectivity index (χ3v) is 3.54. The van der Waals surface area contributed by atoms with Gasteiger partial charge in [-0.2, -0.15) is 5.10 Å². The molecular formula is C14H10ClN7. The van der Waals surface area contributed by atoms with Crippen LogP contribution < -0.4 is 0 Å². The van der Waals surface area contributed by atoms with Gasteiger partial charge in [0.1, 0.15) is 19.0 Å². The van der Waals surface area contributed by atoms with E-state index in [-0.39, 0.29) is 0 Å². The first-order chi connectivity index (χ1) is 10.8. The lowest BCUT2D eigenvalue weighted by molar-refractivity contribution is 0.810. The van der Waals surface area contributed by atoms with Crippen molar-refractivity contribution in [1.29, 1.82) is 0 Å². The predicted molar refractivity (Wildman–Crippen MR) is 80.8 cm³/mol. The Bertz CT molecular complexity index is 912. The molecule has 3 heterocycles. The Kier molecular flexibility index (Phi) is 3.05. The van der Waals surface area contributed by atoms with Crippen molar-refractivity contribution < 1.29 is 0 Å². The minimum Gasteiger partial charge on any atom is -0.311 e. The third kappa shape index (κ3) is 2.21. The quantitative estimate of drug-likeness (QED) is 0.579. The Morgan fingerprint density at radius 2 is 1.82 bits per heavy atom. The first kappa shape index (κ1) is 12.9. The van der Waals surface area contributed by atoms with E-state index < -0.39 is 0 Å². The summed E-state index contributed by atoms with van der Waals surface area (Å²) in [5.41, 5.74) is 2.54. The van der Waals surface area contributed by atoms with E-state index in [1.54, 1.807) is 17.3 Å². The number of benzene rings is 1. The van der Waals surface area contributed by atoms with Gasteiger partial charge >= 0.3 is 0 Å². The molecule has 0 aliphatic heterocycles. The summed E-state index contributed by atoms with van der Waals surface area (Å²) in [5, 5.41) is 4.81. The summed E-state index contributed by atoms with van der Waals surface area (Å²) in [5.74, 6) is 0.609. The molecule has 0 radical (unpaired) electrons. The zero-order valence-corrected chi connectivity index (χ0v) is 12.1. The number of hydrogen-bond donors (Lipinski definition) is 0. The molecule has 0 atom stereocenters. The van der Waals surface area contributed by atoms with Crippen molar-refractivity contribution in [1.82, 2.24) is 34.3 Å². The molecular weight excluding hydrogens is 302 g/mol. The molecule has 22 heavy (non-hydrogen) atoms. The van der Waals surface area contributed by atoms with Crippen LogP contribution in [0.25, 0.3) is 17.0 Å². The fourth-order valence-corrected chi connectivity index (χ4v) is 2.38. The van der Waals surface area contributed by atoms with Gasteiger partial charge < -0.3 is 4.57 Å². The van der Waals surface area contributed by atoms with E-state index in [4.69, 9.17) is 11.6 Å². The molecule has 0 unspecified atom stereocenters. The molecule has 7 nitrogen and oxygen atoms in total. The summed E-state index contributed by atoms with van der Waals surface area (Å²) in [6.07, 6.45) is 6.28. The van der Waals surface area contributed by atoms with Crippen LogP contribution in [0.4, 0.5) is 0 Å². The highest BCUT2D eigenvalue weighted by Gasteiger charge is 2.12. The van der Waals surface area contributed by atoms with Crippen LogP contribution in [0.5, 0.6) is 0 Å². The normalized spacial score (nSPS) is 11.1. The lowest BCUT2D eigenvalue weighted by atomic mass is 10.2. The fourth-order valence-electron chi connectivity index (χ4n) is 2.26. The van der Waals surface area contributed by atoms with Crippen LogP contribution >= 0.6 is 11.6 Å². The predicted octanol–water partition coefficient (Wildman–Crippen LogP) is 2.11. The molecule has 4 aromatic rings. The summed E-state index contributed by atoms with van der Waals surface area (Å²) < 4.78 is 3.53. The minimum atomic E-state index is 0.609. The molecule has 8 heteroatoms. The Balaban J connectivity index is 1.77. The maximum Gasteiger partial charge on any atom is 0.186 e. The molecule has 0 amide bonds. The van der Waals surface area contributed by atoms with E-state index >= 15 is 0 Å². The number of nitrogens with zero attached hydrogens (tertiary/aromatic N) is 7. The Labute approximate surface area is 130 Å². The number of fused-ring (bicyclic) bond motifs is 1. The van der Waals surface area contributed by atoms with Crippen LogP contribution in [0.1, 0.15) is 5.56 Å². The van der Waals surface area contributed by atoms with E-state index in [1.165, 1.54) is 12.7 Å². The van der Waals surface area contributed by atoms with Gasteiger partial charge in [0.15, 0.2) is 17.0 Å². The second-order valence-corrected chi connectivity index (χ2v) is 5.14. The maximum absolute atomic E-state index is 5.91. The first-order valence-corrected chi connectivity index (χ1v) is 6.94. The molecule has 0 spiro atoms. The zero-order chi connectivity index (χ0) is 14.9. The summed E-state index contributed by atoms with van der Waals surface area (Å²) in [6.45, 7) is 0.654. The maximum atomic E-state index is 5.91. The SMILES string of the molecule is Clc1ccc(Cn2cnc3c(-n4cncn4)ncnc32)cc1. The largest absolute Gasteiger partial charge is 0.311 e. The Morgan fingerprint density at radius 1 is 0.955 bits per heavy atom. The Morgan fingerprint density at radius 3 is 2.59 bits per heavy atom. The van der Waals surface area contributed by atoms with Crippen LogP contribution in [0.15, 0.2) is 49.6 Å². The van der Waals surface area contributed by atoms with Crippen molar-refractivity contribution in [2.24, 2.45) is 0 Å². The fraction of sp³-hybridized carbons (Fsp3) is 0.0714. The van der Waals surface area contributed by atoms with Crippen LogP contribution in [-0.4, -0.2) is 34.3 Å². The van der Waals surface area contributed by atoms with Crippen LogP contribution in [0, 0.1) is 0 Å². The van der Waals surface area contributed by atoms with Gasteiger partial charge in [0.05, 0.1) is 12.9 Å². The highest BCUT2D eigenvalue weighted by Crippen LogP contribution is 2.17. The van der Waals surface area contributed by atoms with Crippen LogP contribution in [-0.2, 0) is 6.54 Å². The molecule has 0 saturated heterocycles. The smallest absolute Gasteiger partial charge is 0.186 e. The van der Waals surface area contributed by atoms with Crippen molar-refractivity contribution >= 4 is 22.8 Å². The molecule has 0 aliphatic rings. The summed E-state index contributed by atoms with van der Waals surface area (Å²) in [7, 11) is 0. The van der Waals surface area contributed by atoms with Crippen LogP contribution in [0.2, 0.25) is 5.02 Å².